The lowest BCUT2D eigenvalue weighted by atomic mass is 9.69. The first-order valence-corrected chi connectivity index (χ1v) is 11.4. The van der Waals surface area contributed by atoms with E-state index in [0.29, 0.717) is 49.0 Å². The van der Waals surface area contributed by atoms with Crippen LogP contribution in [-0.4, -0.2) is 26.8 Å². The number of rotatable bonds is 9. The van der Waals surface area contributed by atoms with Gasteiger partial charge in [-0.25, -0.2) is 4.79 Å². The number of nitrogens with zero attached hydrogens (tertiary/aromatic N) is 1. The van der Waals surface area contributed by atoms with E-state index in [0.717, 1.165) is 16.8 Å². The van der Waals surface area contributed by atoms with Crippen LogP contribution in [-0.2, 0) is 21.5 Å². The summed E-state index contributed by atoms with van der Waals surface area (Å²) >= 11 is 0. The summed E-state index contributed by atoms with van der Waals surface area (Å²) in [7, 11) is 2.99. The second-order valence-corrected chi connectivity index (χ2v) is 8.78. The molecule has 0 saturated heterocycles. The first-order chi connectivity index (χ1) is 16.1. The van der Waals surface area contributed by atoms with E-state index in [-0.39, 0.29) is 6.42 Å². The van der Waals surface area contributed by atoms with Crippen molar-refractivity contribution in [2.75, 3.05) is 20.8 Å². The molecule has 2 aromatic carbocycles. The molecule has 1 saturated carbocycles. The van der Waals surface area contributed by atoms with Crippen LogP contribution in [0.3, 0.4) is 0 Å². The van der Waals surface area contributed by atoms with Crippen LogP contribution in [0.5, 0.6) is 11.5 Å². The van der Waals surface area contributed by atoms with E-state index >= 15 is 0 Å². The summed E-state index contributed by atoms with van der Waals surface area (Å²) in [5, 5.41) is 13.7. The molecule has 0 heterocycles. The fourth-order valence-electron chi connectivity index (χ4n) is 4.29. The van der Waals surface area contributed by atoms with Crippen molar-refractivity contribution >= 4 is 5.97 Å². The van der Waals surface area contributed by atoms with Crippen molar-refractivity contribution in [2.45, 2.75) is 44.1 Å². The summed E-state index contributed by atoms with van der Waals surface area (Å²) in [5.74, 6) is 1.50. The maximum absolute atomic E-state index is 12.7. The highest BCUT2D eigenvalue weighted by Gasteiger charge is 2.40. The smallest absolute Gasteiger partial charge is 0.335 e. The minimum Gasteiger partial charge on any atom is -0.493 e. The molecule has 1 atom stereocenters. The number of hydrogen-bond acceptors (Lipinski definition) is 6. The topological polar surface area (TPSA) is 80.6 Å². The number of allylic oxidation sites excluding steroid dienone is 1. The monoisotopic (exact) mass is 446 g/mol. The molecule has 0 spiro atoms. The lowest BCUT2D eigenvalue weighted by Crippen LogP contribution is -2.34. The Hall–Kier alpha value is -3.46. The number of benzene rings is 2. The lowest BCUT2D eigenvalue weighted by molar-refractivity contribution is -0.136. The Bertz CT molecular complexity index is 1070. The van der Waals surface area contributed by atoms with Crippen LogP contribution in [0.2, 0.25) is 0 Å². The quantitative estimate of drug-likeness (QED) is 0.565. The second kappa shape index (κ2) is 9.99. The Morgan fingerprint density at radius 1 is 1.15 bits per heavy atom. The van der Waals surface area contributed by atoms with Crippen LogP contribution < -0.4 is 14.8 Å². The van der Waals surface area contributed by atoms with E-state index in [9.17, 15) is 10.1 Å². The minimum atomic E-state index is -0.842. The Balaban J connectivity index is 1.61. The third-order valence-corrected chi connectivity index (χ3v) is 6.53. The summed E-state index contributed by atoms with van der Waals surface area (Å²) in [6, 6.07) is 18.2. The van der Waals surface area contributed by atoms with Crippen LogP contribution in [0.1, 0.15) is 43.2 Å². The molecule has 0 radical (unpaired) electrons. The van der Waals surface area contributed by atoms with E-state index in [2.05, 4.69) is 11.4 Å². The molecule has 33 heavy (non-hydrogen) atoms. The summed E-state index contributed by atoms with van der Waals surface area (Å²) in [6.45, 7) is 1.26. The first kappa shape index (κ1) is 22.7. The molecular formula is C27H30N2O4. The van der Waals surface area contributed by atoms with Gasteiger partial charge in [-0.15, -0.1) is 0 Å². The molecule has 0 aromatic heterocycles. The van der Waals surface area contributed by atoms with Crippen LogP contribution >= 0.6 is 0 Å². The lowest BCUT2D eigenvalue weighted by Gasteiger charge is -2.34. The number of carbonyl (C=O) groups excluding carboxylic acids is 1. The van der Waals surface area contributed by atoms with Gasteiger partial charge in [-0.05, 0) is 54.9 Å². The van der Waals surface area contributed by atoms with Crippen LogP contribution in [0.4, 0.5) is 0 Å². The molecule has 0 aliphatic heterocycles. The molecule has 1 unspecified atom stereocenters. The number of nitrogens with one attached hydrogen (secondary N) is 1. The maximum Gasteiger partial charge on any atom is 0.335 e. The molecule has 4 rings (SSSR count). The number of nitriles is 1. The fraction of sp³-hybridized carbons (Fsp3) is 0.407. The van der Waals surface area contributed by atoms with Gasteiger partial charge >= 0.3 is 5.97 Å². The highest BCUT2D eigenvalue weighted by molar-refractivity contribution is 5.90. The zero-order valence-electron chi connectivity index (χ0n) is 19.2. The summed E-state index contributed by atoms with van der Waals surface area (Å²) in [6.07, 6.45) is 3.83. The van der Waals surface area contributed by atoms with Crippen molar-refractivity contribution in [3.05, 3.63) is 70.9 Å². The number of ether oxygens (including phenoxy) is 3. The van der Waals surface area contributed by atoms with Gasteiger partial charge in [-0.2, -0.15) is 5.26 Å². The highest BCUT2D eigenvalue weighted by Crippen LogP contribution is 2.44. The van der Waals surface area contributed by atoms with Gasteiger partial charge in [0, 0.05) is 18.7 Å². The van der Waals surface area contributed by atoms with Crippen molar-refractivity contribution in [1.29, 1.82) is 5.26 Å². The van der Waals surface area contributed by atoms with Gasteiger partial charge in [0.25, 0.3) is 0 Å². The molecule has 6 heteroatoms. The Morgan fingerprint density at radius 3 is 2.61 bits per heavy atom. The molecule has 1 fully saturated rings. The summed E-state index contributed by atoms with van der Waals surface area (Å²) < 4.78 is 16.6. The van der Waals surface area contributed by atoms with Crippen molar-refractivity contribution in [2.24, 2.45) is 5.92 Å². The Kier molecular flexibility index (Phi) is 6.88. The third kappa shape index (κ3) is 5.14. The van der Waals surface area contributed by atoms with Gasteiger partial charge in [0.1, 0.15) is 0 Å². The average molecular weight is 447 g/mol. The van der Waals surface area contributed by atoms with Gasteiger partial charge in [0.15, 0.2) is 11.5 Å². The molecule has 2 aliphatic carbocycles. The first-order valence-electron chi connectivity index (χ1n) is 11.4. The summed E-state index contributed by atoms with van der Waals surface area (Å²) in [4.78, 5) is 12.7. The van der Waals surface area contributed by atoms with Gasteiger partial charge in [0.2, 0.25) is 0 Å². The maximum atomic E-state index is 12.7. The summed E-state index contributed by atoms with van der Waals surface area (Å²) in [5.41, 5.74) is 2.48. The largest absolute Gasteiger partial charge is 0.493 e. The van der Waals surface area contributed by atoms with E-state index in [1.165, 1.54) is 20.0 Å². The van der Waals surface area contributed by atoms with E-state index < -0.39 is 11.4 Å². The highest BCUT2D eigenvalue weighted by atomic mass is 16.5. The molecule has 2 aliphatic rings. The van der Waals surface area contributed by atoms with Crippen molar-refractivity contribution in [3.8, 4) is 17.6 Å². The Morgan fingerprint density at radius 2 is 1.94 bits per heavy atom. The predicted octanol–water partition coefficient (Wildman–Crippen LogP) is 4.65. The molecule has 0 amide bonds. The van der Waals surface area contributed by atoms with Gasteiger partial charge < -0.3 is 19.5 Å². The SMILES string of the molecule is COC(=O)C1=C(NCc2ccccc2)CCC(C#N)(c2ccc(OC)c(OCC3CC3)c2)C1. The zero-order chi connectivity index (χ0) is 23.3. The zero-order valence-corrected chi connectivity index (χ0v) is 19.2. The minimum absolute atomic E-state index is 0.279. The van der Waals surface area contributed by atoms with Gasteiger partial charge in [-0.1, -0.05) is 36.4 Å². The molecule has 1 N–H and O–H groups in total. The number of methoxy groups -OCH3 is 2. The van der Waals surface area contributed by atoms with Crippen LogP contribution in [0.25, 0.3) is 0 Å². The third-order valence-electron chi connectivity index (χ3n) is 6.53. The van der Waals surface area contributed by atoms with E-state index in [1.807, 2.05) is 48.5 Å². The molecule has 172 valence electrons. The average Bonchev–Trinajstić information content (AvgIpc) is 3.70. The molecular weight excluding hydrogens is 416 g/mol. The van der Waals surface area contributed by atoms with Crippen LogP contribution in [0.15, 0.2) is 59.8 Å². The number of esters is 1. The van der Waals surface area contributed by atoms with Crippen molar-refractivity contribution < 1.29 is 19.0 Å². The molecule has 6 nitrogen and oxygen atoms in total. The Labute approximate surface area is 195 Å². The standard InChI is InChI=1S/C27H30N2O4/c1-31-24-11-10-21(14-25(24)33-17-20-8-9-20)27(18-28)13-12-23(22(15-27)26(30)32-2)29-16-19-6-4-3-5-7-19/h3-7,10-11,14,20,29H,8-9,12-13,15-17H2,1-2H3. The number of carbonyl (C=O) groups is 1. The second-order valence-electron chi connectivity index (χ2n) is 8.78. The van der Waals surface area contributed by atoms with Crippen molar-refractivity contribution in [3.63, 3.8) is 0 Å². The normalized spacial score (nSPS) is 20.0. The molecule has 0 bridgehead atoms. The number of hydrogen-bond donors (Lipinski definition) is 1. The predicted molar refractivity (Wildman–Crippen MR) is 125 cm³/mol. The van der Waals surface area contributed by atoms with Gasteiger partial charge in [-0.3, -0.25) is 0 Å². The fourth-order valence-corrected chi connectivity index (χ4v) is 4.29. The van der Waals surface area contributed by atoms with Crippen LogP contribution in [0, 0.1) is 17.2 Å². The van der Waals surface area contributed by atoms with E-state index in [4.69, 9.17) is 14.2 Å². The molecule has 2 aromatic rings. The van der Waals surface area contributed by atoms with E-state index in [1.54, 1.807) is 7.11 Å². The van der Waals surface area contributed by atoms with Crippen molar-refractivity contribution in [1.82, 2.24) is 5.32 Å². The van der Waals surface area contributed by atoms with Gasteiger partial charge in [0.05, 0.1) is 37.9 Å².